The van der Waals surface area contributed by atoms with Gasteiger partial charge in [-0.3, -0.25) is 4.79 Å². The number of hydrogen-bond donors (Lipinski definition) is 3. The molecule has 0 spiro atoms. The number of aliphatic carboxylic acids is 1. The van der Waals surface area contributed by atoms with Crippen LogP contribution in [0, 0.1) is 0 Å². The molecule has 0 atom stereocenters. The van der Waals surface area contributed by atoms with Crippen molar-refractivity contribution in [3.63, 3.8) is 0 Å². The lowest BCUT2D eigenvalue weighted by Gasteiger charge is -2.21. The van der Waals surface area contributed by atoms with Gasteiger partial charge in [-0.2, -0.15) is 0 Å². The van der Waals surface area contributed by atoms with Crippen LogP contribution >= 0.6 is 0 Å². The van der Waals surface area contributed by atoms with E-state index >= 15 is 0 Å². The summed E-state index contributed by atoms with van der Waals surface area (Å²) in [6.45, 7) is 0.976. The van der Waals surface area contributed by atoms with E-state index in [-0.39, 0.29) is 12.5 Å². The summed E-state index contributed by atoms with van der Waals surface area (Å²) >= 11 is 0. The van der Waals surface area contributed by atoms with E-state index < -0.39 is 5.97 Å². The van der Waals surface area contributed by atoms with Crippen LogP contribution < -0.4 is 15.5 Å². The number of carbonyl (C=O) groups excluding carboxylic acids is 1. The van der Waals surface area contributed by atoms with Crippen LogP contribution in [0.2, 0.25) is 0 Å². The van der Waals surface area contributed by atoms with E-state index in [9.17, 15) is 9.59 Å². The molecule has 0 aliphatic rings. The van der Waals surface area contributed by atoms with Gasteiger partial charge in [0, 0.05) is 37.9 Å². The van der Waals surface area contributed by atoms with Crippen molar-refractivity contribution in [3.05, 3.63) is 60.2 Å². The predicted molar refractivity (Wildman–Crippen MR) is 98.9 cm³/mol. The molecule has 2 aromatic carbocycles. The highest BCUT2D eigenvalue weighted by Crippen LogP contribution is 2.20. The van der Waals surface area contributed by atoms with E-state index in [0.29, 0.717) is 19.5 Å². The van der Waals surface area contributed by atoms with Crippen LogP contribution in [0.4, 0.5) is 16.2 Å². The Labute approximate surface area is 147 Å². The Hall–Kier alpha value is -3.02. The lowest BCUT2D eigenvalue weighted by molar-refractivity contribution is -0.137. The molecule has 132 valence electrons. The zero-order chi connectivity index (χ0) is 18.1. The Morgan fingerprint density at radius 2 is 1.72 bits per heavy atom. The first-order valence-corrected chi connectivity index (χ1v) is 8.17. The Morgan fingerprint density at radius 3 is 2.44 bits per heavy atom. The Morgan fingerprint density at radius 1 is 1.04 bits per heavy atom. The molecular weight excluding hydrogens is 318 g/mol. The fraction of sp³-hybridized carbons (Fsp3) is 0.263. The van der Waals surface area contributed by atoms with Crippen molar-refractivity contribution in [2.75, 3.05) is 23.8 Å². The summed E-state index contributed by atoms with van der Waals surface area (Å²) in [5.74, 6) is -0.864. The second-order valence-corrected chi connectivity index (χ2v) is 5.73. The number of para-hydroxylation sites is 2. The standard InChI is InChI=1S/C19H23N3O3/c1-22(16-9-3-2-4-10-16)14-15-8-5-6-11-17(15)21-19(25)20-13-7-12-18(23)24/h2-6,8-11H,7,12-14H2,1H3,(H,23,24)(H2,20,21,25). The Balaban J connectivity index is 1.93. The van der Waals surface area contributed by atoms with E-state index in [1.165, 1.54) is 0 Å². The molecule has 6 heteroatoms. The van der Waals surface area contributed by atoms with Crippen LogP contribution in [-0.4, -0.2) is 30.7 Å². The number of benzene rings is 2. The molecule has 0 fully saturated rings. The van der Waals surface area contributed by atoms with Crippen molar-refractivity contribution < 1.29 is 14.7 Å². The number of urea groups is 1. The third-order valence-corrected chi connectivity index (χ3v) is 3.72. The zero-order valence-electron chi connectivity index (χ0n) is 14.2. The number of nitrogens with zero attached hydrogens (tertiary/aromatic N) is 1. The van der Waals surface area contributed by atoms with Gasteiger partial charge in [-0.25, -0.2) is 4.79 Å². The van der Waals surface area contributed by atoms with Crippen LogP contribution in [0.3, 0.4) is 0 Å². The molecule has 2 aromatic rings. The van der Waals surface area contributed by atoms with E-state index in [1.807, 2.05) is 61.6 Å². The van der Waals surface area contributed by atoms with Crippen LogP contribution in [0.1, 0.15) is 18.4 Å². The molecule has 0 saturated carbocycles. The third-order valence-electron chi connectivity index (χ3n) is 3.72. The minimum absolute atomic E-state index is 0.0404. The van der Waals surface area contributed by atoms with Gasteiger partial charge in [0.1, 0.15) is 0 Å². The molecule has 25 heavy (non-hydrogen) atoms. The van der Waals surface area contributed by atoms with Gasteiger partial charge in [-0.15, -0.1) is 0 Å². The molecule has 0 heterocycles. The van der Waals surface area contributed by atoms with Crippen LogP contribution in [-0.2, 0) is 11.3 Å². The molecule has 0 aliphatic carbocycles. The molecule has 6 nitrogen and oxygen atoms in total. The average Bonchev–Trinajstić information content (AvgIpc) is 2.61. The fourth-order valence-electron chi connectivity index (χ4n) is 2.42. The summed E-state index contributed by atoms with van der Waals surface area (Å²) in [6, 6.07) is 17.3. The zero-order valence-corrected chi connectivity index (χ0v) is 14.2. The van der Waals surface area contributed by atoms with Crippen molar-refractivity contribution >= 4 is 23.4 Å². The normalized spacial score (nSPS) is 10.1. The number of carbonyl (C=O) groups is 2. The molecule has 0 bridgehead atoms. The Kier molecular flexibility index (Phi) is 6.83. The highest BCUT2D eigenvalue weighted by Gasteiger charge is 2.09. The fourth-order valence-corrected chi connectivity index (χ4v) is 2.42. The van der Waals surface area contributed by atoms with Gasteiger partial charge in [0.05, 0.1) is 0 Å². The Bertz CT molecular complexity index is 704. The molecular formula is C19H23N3O3. The predicted octanol–water partition coefficient (Wildman–Crippen LogP) is 3.31. The quantitative estimate of drug-likeness (QED) is 0.644. The van der Waals surface area contributed by atoms with Crippen molar-refractivity contribution in [2.24, 2.45) is 0 Å². The summed E-state index contributed by atoms with van der Waals surface area (Å²) in [6.07, 6.45) is 0.444. The number of nitrogens with one attached hydrogen (secondary N) is 2. The summed E-state index contributed by atoms with van der Waals surface area (Å²) in [5, 5.41) is 14.1. The summed E-state index contributed by atoms with van der Waals surface area (Å²) in [4.78, 5) is 24.6. The first-order chi connectivity index (χ1) is 12.1. The van der Waals surface area contributed by atoms with E-state index in [2.05, 4.69) is 15.5 Å². The largest absolute Gasteiger partial charge is 0.481 e. The molecule has 0 unspecified atom stereocenters. The lowest BCUT2D eigenvalue weighted by atomic mass is 10.1. The maximum Gasteiger partial charge on any atom is 0.319 e. The second kappa shape index (κ2) is 9.32. The molecule has 0 saturated heterocycles. The van der Waals surface area contributed by atoms with Gasteiger partial charge in [0.2, 0.25) is 0 Å². The van der Waals surface area contributed by atoms with Crippen LogP contribution in [0.15, 0.2) is 54.6 Å². The SMILES string of the molecule is CN(Cc1ccccc1NC(=O)NCCCC(=O)O)c1ccccc1. The van der Waals surface area contributed by atoms with Gasteiger partial charge in [-0.1, -0.05) is 36.4 Å². The third kappa shape index (κ3) is 6.18. The minimum Gasteiger partial charge on any atom is -0.481 e. The smallest absolute Gasteiger partial charge is 0.319 e. The number of carboxylic acid groups (broad SMARTS) is 1. The first-order valence-electron chi connectivity index (χ1n) is 8.17. The summed E-state index contributed by atoms with van der Waals surface area (Å²) < 4.78 is 0. The summed E-state index contributed by atoms with van der Waals surface area (Å²) in [5.41, 5.74) is 2.82. The van der Waals surface area contributed by atoms with Crippen molar-refractivity contribution in [3.8, 4) is 0 Å². The average molecular weight is 341 g/mol. The lowest BCUT2D eigenvalue weighted by Crippen LogP contribution is -2.30. The monoisotopic (exact) mass is 341 g/mol. The number of amides is 2. The van der Waals surface area contributed by atoms with Gasteiger partial charge < -0.3 is 20.6 Å². The van der Waals surface area contributed by atoms with Crippen molar-refractivity contribution in [2.45, 2.75) is 19.4 Å². The number of hydrogen-bond acceptors (Lipinski definition) is 3. The minimum atomic E-state index is -0.864. The van der Waals surface area contributed by atoms with Gasteiger partial charge in [0.15, 0.2) is 0 Å². The van der Waals surface area contributed by atoms with Gasteiger partial charge >= 0.3 is 12.0 Å². The van der Waals surface area contributed by atoms with Gasteiger partial charge in [-0.05, 0) is 30.2 Å². The van der Waals surface area contributed by atoms with E-state index in [1.54, 1.807) is 0 Å². The molecule has 0 radical (unpaired) electrons. The number of carboxylic acids is 1. The van der Waals surface area contributed by atoms with Crippen LogP contribution in [0.25, 0.3) is 0 Å². The molecule has 3 N–H and O–H groups in total. The topological polar surface area (TPSA) is 81.7 Å². The molecule has 0 aromatic heterocycles. The number of rotatable bonds is 8. The van der Waals surface area contributed by atoms with Gasteiger partial charge in [0.25, 0.3) is 0 Å². The molecule has 2 rings (SSSR count). The molecule has 2 amide bonds. The van der Waals surface area contributed by atoms with Crippen LogP contribution in [0.5, 0.6) is 0 Å². The second-order valence-electron chi connectivity index (χ2n) is 5.73. The van der Waals surface area contributed by atoms with E-state index in [4.69, 9.17) is 5.11 Å². The van der Waals surface area contributed by atoms with E-state index in [0.717, 1.165) is 16.9 Å². The maximum atomic E-state index is 12.0. The van der Waals surface area contributed by atoms with Crippen molar-refractivity contribution in [1.29, 1.82) is 0 Å². The highest BCUT2D eigenvalue weighted by molar-refractivity contribution is 5.90. The highest BCUT2D eigenvalue weighted by atomic mass is 16.4. The first kappa shape index (κ1) is 18.3. The maximum absolute atomic E-state index is 12.0. The summed E-state index contributed by atoms with van der Waals surface area (Å²) in [7, 11) is 2.00. The molecule has 0 aliphatic heterocycles. The van der Waals surface area contributed by atoms with Crippen molar-refractivity contribution in [1.82, 2.24) is 5.32 Å². The number of anilines is 2.